The number of carbonyl (C=O) groups is 2. The van der Waals surface area contributed by atoms with Crippen LogP contribution < -0.4 is 15.4 Å². The van der Waals surface area contributed by atoms with Gasteiger partial charge in [0.2, 0.25) is 5.91 Å². The second-order valence-electron chi connectivity index (χ2n) is 4.99. The predicted octanol–water partition coefficient (Wildman–Crippen LogP) is 2.09. The molecule has 0 unspecified atom stereocenters. The van der Waals surface area contributed by atoms with E-state index in [2.05, 4.69) is 26.6 Å². The summed E-state index contributed by atoms with van der Waals surface area (Å²) in [6.07, 6.45) is 0.196. The lowest BCUT2D eigenvalue weighted by atomic mass is 10.1. The zero-order chi connectivity index (χ0) is 17.5. The molecule has 1 aromatic heterocycles. The Labute approximate surface area is 147 Å². The predicted molar refractivity (Wildman–Crippen MR) is 92.3 cm³/mol. The highest BCUT2D eigenvalue weighted by Gasteiger charge is 2.14. The summed E-state index contributed by atoms with van der Waals surface area (Å²) in [4.78, 5) is 23.8. The summed E-state index contributed by atoms with van der Waals surface area (Å²) < 4.78 is 16.2. The third kappa shape index (κ3) is 4.72. The van der Waals surface area contributed by atoms with Crippen LogP contribution in [-0.2, 0) is 9.53 Å². The van der Waals surface area contributed by atoms with Gasteiger partial charge in [-0.15, -0.1) is 0 Å². The van der Waals surface area contributed by atoms with Crippen LogP contribution in [0.3, 0.4) is 0 Å². The van der Waals surface area contributed by atoms with Crippen molar-refractivity contribution in [3.63, 3.8) is 0 Å². The van der Waals surface area contributed by atoms with Crippen molar-refractivity contribution in [3.05, 3.63) is 28.4 Å². The first-order valence-corrected chi connectivity index (χ1v) is 8.15. The minimum atomic E-state index is -0.299. The summed E-state index contributed by atoms with van der Waals surface area (Å²) in [5, 5.41) is 6.17. The van der Waals surface area contributed by atoms with E-state index in [1.165, 1.54) is 7.11 Å². The van der Waals surface area contributed by atoms with Gasteiger partial charge in [0.15, 0.2) is 4.67 Å². The molecule has 130 valence electrons. The fourth-order valence-corrected chi connectivity index (χ4v) is 2.55. The Hall–Kier alpha value is -2.06. The van der Waals surface area contributed by atoms with E-state index in [0.717, 1.165) is 5.39 Å². The second-order valence-corrected chi connectivity index (χ2v) is 5.77. The van der Waals surface area contributed by atoms with Crippen molar-refractivity contribution in [1.82, 2.24) is 10.6 Å². The fraction of sp³-hybridized carbons (Fsp3) is 0.375. The highest BCUT2D eigenvalue weighted by atomic mass is 79.9. The average Bonchev–Trinajstić information content (AvgIpc) is 2.94. The molecule has 0 saturated carbocycles. The summed E-state index contributed by atoms with van der Waals surface area (Å²) in [5.41, 5.74) is 0.949. The van der Waals surface area contributed by atoms with Crippen LogP contribution in [0.2, 0.25) is 0 Å². The topological polar surface area (TPSA) is 89.8 Å². The smallest absolute Gasteiger partial charge is 0.251 e. The third-order valence-corrected chi connectivity index (χ3v) is 3.71. The normalized spacial score (nSPS) is 10.6. The van der Waals surface area contributed by atoms with E-state index in [1.807, 2.05) is 0 Å². The molecule has 0 aliphatic heterocycles. The molecule has 0 bridgehead atoms. The number of carbonyl (C=O) groups excluding carboxylic acids is 2. The minimum absolute atomic E-state index is 0.143. The summed E-state index contributed by atoms with van der Waals surface area (Å²) >= 11 is 3.26. The van der Waals surface area contributed by atoms with Crippen molar-refractivity contribution in [2.24, 2.45) is 0 Å². The van der Waals surface area contributed by atoms with Gasteiger partial charge in [-0.1, -0.05) is 0 Å². The van der Waals surface area contributed by atoms with Gasteiger partial charge in [-0.2, -0.15) is 0 Å². The highest BCUT2D eigenvalue weighted by molar-refractivity contribution is 9.10. The van der Waals surface area contributed by atoms with Crippen molar-refractivity contribution in [2.75, 3.05) is 33.9 Å². The molecule has 0 aliphatic rings. The molecule has 2 aromatic rings. The Bertz CT molecular complexity index is 729. The molecule has 0 saturated heterocycles. The van der Waals surface area contributed by atoms with E-state index in [4.69, 9.17) is 13.9 Å². The molecule has 0 spiro atoms. The van der Waals surface area contributed by atoms with Crippen LogP contribution in [-0.4, -0.2) is 45.7 Å². The van der Waals surface area contributed by atoms with Gasteiger partial charge in [-0.3, -0.25) is 9.59 Å². The molecule has 1 heterocycles. The summed E-state index contributed by atoms with van der Waals surface area (Å²) in [5.74, 6) is 0.104. The van der Waals surface area contributed by atoms with E-state index in [9.17, 15) is 9.59 Å². The number of halogens is 1. The number of amides is 2. The molecule has 7 nitrogen and oxygen atoms in total. The zero-order valence-electron chi connectivity index (χ0n) is 13.5. The van der Waals surface area contributed by atoms with Crippen LogP contribution in [0.15, 0.2) is 27.3 Å². The highest BCUT2D eigenvalue weighted by Crippen LogP contribution is 2.32. The molecule has 2 N–H and O–H groups in total. The lowest BCUT2D eigenvalue weighted by Gasteiger charge is -2.08. The second kappa shape index (κ2) is 8.70. The maximum atomic E-state index is 12.2. The molecule has 1 aromatic carbocycles. The van der Waals surface area contributed by atoms with Gasteiger partial charge in [-0.25, -0.2) is 0 Å². The number of rotatable bonds is 8. The quantitative estimate of drug-likeness (QED) is 0.664. The van der Waals surface area contributed by atoms with Crippen LogP contribution >= 0.6 is 15.9 Å². The van der Waals surface area contributed by atoms with E-state index >= 15 is 0 Å². The molecule has 0 aliphatic carbocycles. The summed E-state index contributed by atoms with van der Waals surface area (Å²) in [6.45, 7) is 1.14. The van der Waals surface area contributed by atoms with Crippen LogP contribution in [0.25, 0.3) is 11.0 Å². The fourth-order valence-electron chi connectivity index (χ4n) is 2.15. The Morgan fingerprint density at radius 1 is 1.17 bits per heavy atom. The SMILES string of the molecule is COCCNC(=O)CCNC(=O)c1cc(OC)c2cc(Br)oc2c1. The molecular weight excluding hydrogens is 380 g/mol. The van der Waals surface area contributed by atoms with Gasteiger partial charge >= 0.3 is 0 Å². The lowest BCUT2D eigenvalue weighted by Crippen LogP contribution is -2.32. The van der Waals surface area contributed by atoms with Gasteiger partial charge in [0.05, 0.1) is 19.1 Å². The van der Waals surface area contributed by atoms with Crippen LogP contribution in [0.5, 0.6) is 5.75 Å². The lowest BCUT2D eigenvalue weighted by molar-refractivity contribution is -0.121. The van der Waals surface area contributed by atoms with E-state index in [1.54, 1.807) is 25.3 Å². The molecule has 2 rings (SSSR count). The van der Waals surface area contributed by atoms with Crippen molar-refractivity contribution < 1.29 is 23.5 Å². The number of ether oxygens (including phenoxy) is 2. The molecule has 0 fully saturated rings. The van der Waals surface area contributed by atoms with Gasteiger partial charge in [-0.05, 0) is 28.1 Å². The maximum Gasteiger partial charge on any atom is 0.251 e. The van der Waals surface area contributed by atoms with Crippen molar-refractivity contribution >= 4 is 38.7 Å². The van der Waals surface area contributed by atoms with Gasteiger partial charge in [0.1, 0.15) is 11.3 Å². The number of hydrogen-bond acceptors (Lipinski definition) is 5. The first-order valence-electron chi connectivity index (χ1n) is 7.36. The minimum Gasteiger partial charge on any atom is -0.496 e. The Morgan fingerprint density at radius 2 is 1.96 bits per heavy atom. The van der Waals surface area contributed by atoms with Crippen LogP contribution in [0.1, 0.15) is 16.8 Å². The first kappa shape index (κ1) is 18.3. The Kier molecular flexibility index (Phi) is 6.62. The molecule has 24 heavy (non-hydrogen) atoms. The molecule has 8 heteroatoms. The number of benzene rings is 1. The van der Waals surface area contributed by atoms with Gasteiger partial charge in [0.25, 0.3) is 5.91 Å². The Balaban J connectivity index is 1.95. The van der Waals surface area contributed by atoms with Crippen molar-refractivity contribution in [3.8, 4) is 5.75 Å². The number of nitrogens with one attached hydrogen (secondary N) is 2. The molecule has 0 atom stereocenters. The number of furan rings is 1. The first-order chi connectivity index (χ1) is 11.5. The monoisotopic (exact) mass is 398 g/mol. The van der Waals surface area contributed by atoms with Gasteiger partial charge < -0.3 is 24.5 Å². The van der Waals surface area contributed by atoms with E-state index < -0.39 is 0 Å². The summed E-state index contributed by atoms with van der Waals surface area (Å²) in [6, 6.07) is 5.05. The molecule has 0 radical (unpaired) electrons. The van der Waals surface area contributed by atoms with E-state index in [0.29, 0.717) is 34.7 Å². The summed E-state index contributed by atoms with van der Waals surface area (Å²) in [7, 11) is 3.09. The van der Waals surface area contributed by atoms with Crippen LogP contribution in [0.4, 0.5) is 0 Å². The third-order valence-electron chi connectivity index (χ3n) is 3.32. The average molecular weight is 399 g/mol. The number of hydrogen-bond donors (Lipinski definition) is 2. The van der Waals surface area contributed by atoms with Crippen molar-refractivity contribution in [1.29, 1.82) is 0 Å². The molecule has 2 amide bonds. The van der Waals surface area contributed by atoms with E-state index in [-0.39, 0.29) is 24.8 Å². The van der Waals surface area contributed by atoms with Crippen LogP contribution in [0, 0.1) is 0 Å². The standard InChI is InChI=1S/C16H19BrN2O5/c1-22-6-5-18-15(20)3-4-19-16(21)10-7-12(23-2)11-9-14(17)24-13(11)8-10/h7-9H,3-6H2,1-2H3,(H,18,20)(H,19,21). The number of fused-ring (bicyclic) bond motifs is 1. The Morgan fingerprint density at radius 3 is 2.67 bits per heavy atom. The van der Waals surface area contributed by atoms with Crippen molar-refractivity contribution in [2.45, 2.75) is 6.42 Å². The largest absolute Gasteiger partial charge is 0.496 e. The maximum absolute atomic E-state index is 12.2. The molecular formula is C16H19BrN2O5. The number of methoxy groups -OCH3 is 2. The zero-order valence-corrected chi connectivity index (χ0v) is 15.1. The van der Waals surface area contributed by atoms with Gasteiger partial charge in [0, 0.05) is 38.2 Å².